The first-order valence-corrected chi connectivity index (χ1v) is 9.13. The van der Waals surface area contributed by atoms with Gasteiger partial charge in [0.1, 0.15) is 5.82 Å². The lowest BCUT2D eigenvalue weighted by Gasteiger charge is -2.39. The molecule has 0 atom stereocenters. The zero-order chi connectivity index (χ0) is 18.6. The number of hydrogen-bond donors (Lipinski definition) is 1. The lowest BCUT2D eigenvalue weighted by molar-refractivity contribution is 0.0651. The monoisotopic (exact) mass is 365 g/mol. The first-order chi connectivity index (χ1) is 13.1. The Morgan fingerprint density at radius 1 is 1.22 bits per heavy atom. The fourth-order valence-electron chi connectivity index (χ4n) is 4.35. The Morgan fingerprint density at radius 2 is 2.04 bits per heavy atom. The van der Waals surface area contributed by atoms with Crippen LogP contribution in [-0.4, -0.2) is 53.4 Å². The van der Waals surface area contributed by atoms with Crippen LogP contribution in [0.2, 0.25) is 0 Å². The van der Waals surface area contributed by atoms with E-state index >= 15 is 0 Å². The summed E-state index contributed by atoms with van der Waals surface area (Å²) in [6, 6.07) is 1.74. The van der Waals surface area contributed by atoms with Crippen LogP contribution < -0.4 is 5.56 Å². The number of carbonyl (C=O) groups excluding carboxylic acids is 1. The second-order valence-electron chi connectivity index (χ2n) is 7.35. The predicted molar refractivity (Wildman–Crippen MR) is 95.5 cm³/mol. The Morgan fingerprint density at radius 3 is 2.81 bits per heavy atom. The molecule has 1 fully saturated rings. The molecule has 138 valence electrons. The molecule has 0 aromatic carbocycles. The topological polar surface area (TPSA) is 109 Å². The Balaban J connectivity index is 1.38. The van der Waals surface area contributed by atoms with Crippen LogP contribution >= 0.6 is 0 Å². The summed E-state index contributed by atoms with van der Waals surface area (Å²) in [5.41, 5.74) is 1.63. The molecule has 5 rings (SSSR count). The average molecular weight is 365 g/mol. The van der Waals surface area contributed by atoms with Crippen LogP contribution in [0.25, 0.3) is 5.78 Å². The van der Waals surface area contributed by atoms with Gasteiger partial charge in [-0.3, -0.25) is 9.59 Å². The Labute approximate surface area is 154 Å². The Hall–Kier alpha value is -3.10. The number of piperidine rings is 1. The highest BCUT2D eigenvalue weighted by Crippen LogP contribution is 2.44. The quantitative estimate of drug-likeness (QED) is 0.678. The van der Waals surface area contributed by atoms with Crippen molar-refractivity contribution in [1.82, 2.24) is 34.4 Å². The van der Waals surface area contributed by atoms with E-state index in [9.17, 15) is 9.59 Å². The number of aromatic nitrogens is 6. The van der Waals surface area contributed by atoms with Gasteiger partial charge in [0.25, 0.3) is 17.2 Å². The molecule has 1 N–H and O–H groups in total. The summed E-state index contributed by atoms with van der Waals surface area (Å²) >= 11 is 0. The molecule has 0 radical (unpaired) electrons. The molecule has 9 nitrogen and oxygen atoms in total. The zero-order valence-electron chi connectivity index (χ0n) is 15.0. The molecule has 0 unspecified atom stereocenters. The van der Waals surface area contributed by atoms with Gasteiger partial charge in [-0.15, -0.1) is 5.10 Å². The third-order valence-electron chi connectivity index (χ3n) is 5.81. The number of amides is 1. The molecule has 9 heteroatoms. The van der Waals surface area contributed by atoms with E-state index in [4.69, 9.17) is 0 Å². The molecule has 4 heterocycles. The van der Waals surface area contributed by atoms with Gasteiger partial charge < -0.3 is 9.88 Å². The summed E-state index contributed by atoms with van der Waals surface area (Å²) < 4.78 is 1.50. The second kappa shape index (κ2) is 5.70. The number of hydrogen-bond acceptors (Lipinski definition) is 6. The summed E-state index contributed by atoms with van der Waals surface area (Å²) in [6.45, 7) is 3.03. The summed E-state index contributed by atoms with van der Waals surface area (Å²) in [6.07, 6.45) is 6.61. The van der Waals surface area contributed by atoms with Gasteiger partial charge in [0.2, 0.25) is 5.82 Å². The number of rotatable bonds is 1. The van der Waals surface area contributed by atoms with E-state index in [0.29, 0.717) is 24.7 Å². The molecule has 27 heavy (non-hydrogen) atoms. The van der Waals surface area contributed by atoms with Crippen molar-refractivity contribution in [3.63, 3.8) is 0 Å². The number of aromatic amines is 1. The minimum atomic E-state index is -0.177. The summed E-state index contributed by atoms with van der Waals surface area (Å²) in [7, 11) is 0. The number of nitrogens with one attached hydrogen (secondary N) is 1. The van der Waals surface area contributed by atoms with Crippen molar-refractivity contribution in [3.05, 3.63) is 51.7 Å². The fraction of sp³-hybridized carbons (Fsp3) is 0.444. The van der Waals surface area contributed by atoms with E-state index in [1.54, 1.807) is 23.4 Å². The third kappa shape index (κ3) is 2.45. The van der Waals surface area contributed by atoms with Crippen molar-refractivity contribution in [1.29, 1.82) is 0 Å². The first-order valence-electron chi connectivity index (χ1n) is 9.13. The van der Waals surface area contributed by atoms with Gasteiger partial charge in [-0.05, 0) is 38.7 Å². The molecule has 1 amide bonds. The number of aryl methyl sites for hydroxylation is 1. The van der Waals surface area contributed by atoms with Crippen LogP contribution in [0.5, 0.6) is 0 Å². The fourth-order valence-corrected chi connectivity index (χ4v) is 4.35. The molecule has 0 bridgehead atoms. The predicted octanol–water partition coefficient (Wildman–Crippen LogP) is 0.636. The van der Waals surface area contributed by atoms with Gasteiger partial charge in [-0.1, -0.05) is 0 Å². The number of likely N-dealkylation sites (tertiary alicyclic amines) is 1. The molecule has 1 aliphatic carbocycles. The second-order valence-corrected chi connectivity index (χ2v) is 7.35. The number of carbonyl (C=O) groups is 1. The minimum absolute atomic E-state index is 0.0192. The van der Waals surface area contributed by atoms with E-state index < -0.39 is 0 Å². The first kappa shape index (κ1) is 16.1. The molecule has 0 saturated carbocycles. The van der Waals surface area contributed by atoms with E-state index in [2.05, 4.69) is 25.0 Å². The molecule has 3 aromatic heterocycles. The largest absolute Gasteiger partial charge is 0.336 e. The Kier molecular flexibility index (Phi) is 3.40. The normalized spacial score (nSPS) is 18.2. The van der Waals surface area contributed by atoms with Gasteiger partial charge >= 0.3 is 0 Å². The van der Waals surface area contributed by atoms with Crippen molar-refractivity contribution < 1.29 is 4.79 Å². The maximum atomic E-state index is 12.8. The van der Waals surface area contributed by atoms with Crippen molar-refractivity contribution in [2.45, 2.75) is 38.0 Å². The highest BCUT2D eigenvalue weighted by molar-refractivity contribution is 5.91. The van der Waals surface area contributed by atoms with Crippen LogP contribution in [0.3, 0.4) is 0 Å². The van der Waals surface area contributed by atoms with Gasteiger partial charge in [0, 0.05) is 36.5 Å². The summed E-state index contributed by atoms with van der Waals surface area (Å²) in [5, 5.41) is 4.23. The molecule has 2 aliphatic rings. The standard InChI is InChI=1S/C18H19N7O2/c1-11-20-13-12(15(26)21-11)3-4-18(13)5-9-24(10-6-18)16(27)14-22-17-19-7-2-8-25(17)23-14/h2,7-8H,3-6,9-10H2,1H3,(H,20,21,26). The third-order valence-corrected chi connectivity index (χ3v) is 5.81. The van der Waals surface area contributed by atoms with Crippen LogP contribution in [-0.2, 0) is 11.8 Å². The van der Waals surface area contributed by atoms with Crippen molar-refractivity contribution in [2.24, 2.45) is 0 Å². The van der Waals surface area contributed by atoms with Gasteiger partial charge in [-0.2, -0.15) is 4.98 Å². The van der Waals surface area contributed by atoms with E-state index in [-0.39, 0.29) is 22.7 Å². The van der Waals surface area contributed by atoms with Crippen molar-refractivity contribution in [2.75, 3.05) is 13.1 Å². The highest BCUT2D eigenvalue weighted by Gasteiger charge is 2.44. The van der Waals surface area contributed by atoms with E-state index in [1.807, 2.05) is 6.92 Å². The van der Waals surface area contributed by atoms with Crippen LogP contribution in [0.4, 0.5) is 0 Å². The lowest BCUT2D eigenvalue weighted by atomic mass is 9.76. The number of nitrogens with zero attached hydrogens (tertiary/aromatic N) is 6. The zero-order valence-corrected chi connectivity index (χ0v) is 15.0. The molecular formula is C18H19N7O2. The maximum Gasteiger partial charge on any atom is 0.293 e. The Bertz CT molecular complexity index is 1080. The number of H-pyrrole nitrogens is 1. The van der Waals surface area contributed by atoms with Crippen LogP contribution in [0, 0.1) is 6.92 Å². The van der Waals surface area contributed by atoms with E-state index in [1.165, 1.54) is 4.52 Å². The van der Waals surface area contributed by atoms with Gasteiger partial charge in [0.05, 0.1) is 5.69 Å². The molecule has 1 spiro atoms. The average Bonchev–Trinajstić information content (AvgIpc) is 3.25. The highest BCUT2D eigenvalue weighted by atomic mass is 16.2. The molecule has 1 saturated heterocycles. The minimum Gasteiger partial charge on any atom is -0.336 e. The molecular weight excluding hydrogens is 346 g/mol. The van der Waals surface area contributed by atoms with Gasteiger partial charge in [0.15, 0.2) is 0 Å². The molecule has 1 aliphatic heterocycles. The van der Waals surface area contributed by atoms with Crippen molar-refractivity contribution >= 4 is 11.7 Å². The summed E-state index contributed by atoms with van der Waals surface area (Å²) in [5.74, 6) is 1.06. The maximum absolute atomic E-state index is 12.8. The summed E-state index contributed by atoms with van der Waals surface area (Å²) in [4.78, 5) is 42.6. The van der Waals surface area contributed by atoms with Crippen LogP contribution in [0.1, 0.15) is 47.0 Å². The lowest BCUT2D eigenvalue weighted by Crippen LogP contribution is -2.45. The molecule has 3 aromatic rings. The van der Waals surface area contributed by atoms with E-state index in [0.717, 1.165) is 36.9 Å². The SMILES string of the molecule is Cc1nc2c(c(=O)[nH]1)CCC21CCN(C(=O)c2nc3ncccn3n2)CC1. The smallest absolute Gasteiger partial charge is 0.293 e. The van der Waals surface area contributed by atoms with Crippen molar-refractivity contribution in [3.8, 4) is 0 Å². The number of fused-ring (bicyclic) bond motifs is 3. The van der Waals surface area contributed by atoms with Gasteiger partial charge in [-0.25, -0.2) is 14.5 Å². The van der Waals surface area contributed by atoms with Crippen LogP contribution in [0.15, 0.2) is 23.3 Å².